The number of rotatable bonds is 3. The molecule has 0 aliphatic heterocycles. The molecule has 1 N–H and O–H groups in total. The molecule has 0 aliphatic carbocycles. The van der Waals surface area contributed by atoms with Gasteiger partial charge >= 0.3 is 12.1 Å². The predicted molar refractivity (Wildman–Crippen MR) is 90.9 cm³/mol. The zero-order valence-corrected chi connectivity index (χ0v) is 14.1. The van der Waals surface area contributed by atoms with Crippen molar-refractivity contribution in [3.05, 3.63) is 48.2 Å². The minimum atomic E-state index is -0.557. The van der Waals surface area contributed by atoms with E-state index in [-0.39, 0.29) is 5.97 Å². The normalized spacial score (nSPS) is 10.8. The topological polar surface area (TPSA) is 77.5 Å². The molecule has 0 bridgehead atoms. The van der Waals surface area contributed by atoms with E-state index in [9.17, 15) is 9.59 Å². The second-order valence-electron chi connectivity index (χ2n) is 6.13. The predicted octanol–water partition coefficient (Wildman–Crippen LogP) is 3.88. The molecule has 0 unspecified atom stereocenters. The number of pyridine rings is 1. The Labute approximate surface area is 140 Å². The highest BCUT2D eigenvalue weighted by atomic mass is 16.6. The molecule has 1 aromatic carbocycles. The second kappa shape index (κ2) is 7.12. The van der Waals surface area contributed by atoms with Crippen LogP contribution in [0.3, 0.4) is 0 Å². The standard InChI is InChI=1S/C18H20N2O4/c1-18(2,3)24-17(22)20-14-9-10-15(19-11-14)12-5-7-13(8-6-12)16(21)23-4/h5-11H,1-4H3,(H,20,22). The first kappa shape index (κ1) is 17.5. The summed E-state index contributed by atoms with van der Waals surface area (Å²) in [5, 5.41) is 2.62. The van der Waals surface area contributed by atoms with Gasteiger partial charge in [0.05, 0.1) is 30.3 Å². The second-order valence-corrected chi connectivity index (χ2v) is 6.13. The van der Waals surface area contributed by atoms with Crippen LogP contribution in [-0.2, 0) is 9.47 Å². The van der Waals surface area contributed by atoms with Gasteiger partial charge in [-0.05, 0) is 45.0 Å². The Morgan fingerprint density at radius 3 is 2.21 bits per heavy atom. The van der Waals surface area contributed by atoms with E-state index in [0.717, 1.165) is 11.3 Å². The number of carbonyl (C=O) groups excluding carboxylic acids is 2. The molecule has 2 rings (SSSR count). The molecule has 0 aliphatic rings. The van der Waals surface area contributed by atoms with E-state index in [2.05, 4.69) is 15.0 Å². The fourth-order valence-electron chi connectivity index (χ4n) is 1.95. The fraction of sp³-hybridized carbons (Fsp3) is 0.278. The maximum atomic E-state index is 11.7. The minimum absolute atomic E-state index is 0.383. The molecule has 24 heavy (non-hydrogen) atoms. The molecule has 0 fully saturated rings. The van der Waals surface area contributed by atoms with Crippen LogP contribution in [-0.4, -0.2) is 29.8 Å². The molecule has 0 atom stereocenters. The van der Waals surface area contributed by atoms with Crippen LogP contribution in [0, 0.1) is 0 Å². The largest absolute Gasteiger partial charge is 0.465 e. The molecule has 0 radical (unpaired) electrons. The van der Waals surface area contributed by atoms with E-state index >= 15 is 0 Å². The van der Waals surface area contributed by atoms with Crippen molar-refractivity contribution >= 4 is 17.7 Å². The Hall–Kier alpha value is -2.89. The minimum Gasteiger partial charge on any atom is -0.465 e. The summed E-state index contributed by atoms with van der Waals surface area (Å²) < 4.78 is 9.84. The summed E-state index contributed by atoms with van der Waals surface area (Å²) in [5.41, 5.74) is 2.04. The number of nitrogens with one attached hydrogen (secondary N) is 1. The molecule has 2 aromatic rings. The van der Waals surface area contributed by atoms with Gasteiger partial charge < -0.3 is 9.47 Å². The maximum Gasteiger partial charge on any atom is 0.412 e. The summed E-state index contributed by atoms with van der Waals surface area (Å²) >= 11 is 0. The Balaban J connectivity index is 2.06. The van der Waals surface area contributed by atoms with Gasteiger partial charge in [-0.25, -0.2) is 9.59 Å². The van der Waals surface area contributed by atoms with Gasteiger partial charge in [-0.3, -0.25) is 10.3 Å². The number of hydrogen-bond donors (Lipinski definition) is 1. The van der Waals surface area contributed by atoms with Gasteiger partial charge in [0.25, 0.3) is 0 Å². The van der Waals surface area contributed by atoms with Crippen LogP contribution >= 0.6 is 0 Å². The maximum absolute atomic E-state index is 11.7. The first-order valence-electron chi connectivity index (χ1n) is 7.43. The van der Waals surface area contributed by atoms with Crippen LogP contribution in [0.5, 0.6) is 0 Å². The molecule has 0 saturated heterocycles. The van der Waals surface area contributed by atoms with E-state index in [1.54, 1.807) is 63.4 Å². The van der Waals surface area contributed by atoms with Gasteiger partial charge in [-0.1, -0.05) is 12.1 Å². The lowest BCUT2D eigenvalue weighted by molar-refractivity contribution is 0.0598. The molecule has 6 nitrogen and oxygen atoms in total. The van der Waals surface area contributed by atoms with Gasteiger partial charge in [0, 0.05) is 5.56 Å². The molecular weight excluding hydrogens is 308 g/mol. The number of ether oxygens (including phenoxy) is 2. The number of carbonyl (C=O) groups is 2. The summed E-state index contributed by atoms with van der Waals surface area (Å²) in [6.07, 6.45) is 1.02. The average molecular weight is 328 g/mol. The third kappa shape index (κ3) is 4.81. The number of benzene rings is 1. The lowest BCUT2D eigenvalue weighted by Crippen LogP contribution is -2.27. The van der Waals surface area contributed by atoms with Crippen molar-refractivity contribution in [1.29, 1.82) is 0 Å². The summed E-state index contributed by atoms with van der Waals surface area (Å²) in [6.45, 7) is 5.39. The van der Waals surface area contributed by atoms with E-state index in [1.165, 1.54) is 7.11 Å². The first-order chi connectivity index (χ1) is 11.3. The first-order valence-corrected chi connectivity index (χ1v) is 7.43. The molecule has 1 amide bonds. The van der Waals surface area contributed by atoms with Crippen LogP contribution in [0.1, 0.15) is 31.1 Å². The molecule has 0 saturated carbocycles. The van der Waals surface area contributed by atoms with Crippen molar-refractivity contribution in [1.82, 2.24) is 4.98 Å². The van der Waals surface area contributed by atoms with E-state index in [4.69, 9.17) is 4.74 Å². The zero-order chi connectivity index (χ0) is 17.7. The lowest BCUT2D eigenvalue weighted by atomic mass is 10.1. The average Bonchev–Trinajstić information content (AvgIpc) is 2.53. The van der Waals surface area contributed by atoms with Gasteiger partial charge in [0.15, 0.2) is 0 Å². The van der Waals surface area contributed by atoms with E-state index in [0.29, 0.717) is 11.3 Å². The van der Waals surface area contributed by atoms with E-state index < -0.39 is 11.7 Å². The summed E-state index contributed by atoms with van der Waals surface area (Å²) in [6, 6.07) is 10.4. The van der Waals surface area contributed by atoms with Gasteiger partial charge in [0.2, 0.25) is 0 Å². The van der Waals surface area contributed by atoms with Crippen molar-refractivity contribution in [3.8, 4) is 11.3 Å². The number of nitrogens with zero attached hydrogens (tertiary/aromatic N) is 1. The van der Waals surface area contributed by atoms with Crippen LogP contribution in [0.4, 0.5) is 10.5 Å². The molecule has 1 aromatic heterocycles. The Morgan fingerprint density at radius 2 is 1.71 bits per heavy atom. The molecule has 0 spiro atoms. The Kier molecular flexibility index (Phi) is 5.18. The summed E-state index contributed by atoms with van der Waals surface area (Å²) in [7, 11) is 1.34. The SMILES string of the molecule is COC(=O)c1ccc(-c2ccc(NC(=O)OC(C)(C)C)cn2)cc1. The molecular formula is C18H20N2O4. The number of amides is 1. The monoisotopic (exact) mass is 328 g/mol. The molecule has 126 valence electrons. The van der Waals surface area contributed by atoms with Crippen molar-refractivity contribution < 1.29 is 19.1 Å². The Morgan fingerprint density at radius 1 is 1.04 bits per heavy atom. The highest BCUT2D eigenvalue weighted by Crippen LogP contribution is 2.20. The quantitative estimate of drug-likeness (QED) is 0.865. The van der Waals surface area contributed by atoms with Crippen molar-refractivity contribution in [2.24, 2.45) is 0 Å². The number of methoxy groups -OCH3 is 1. The third-order valence-electron chi connectivity index (χ3n) is 3.01. The van der Waals surface area contributed by atoms with Crippen LogP contribution in [0.2, 0.25) is 0 Å². The smallest absolute Gasteiger partial charge is 0.412 e. The van der Waals surface area contributed by atoms with Gasteiger partial charge in [-0.2, -0.15) is 0 Å². The number of hydrogen-bond acceptors (Lipinski definition) is 5. The van der Waals surface area contributed by atoms with Crippen LogP contribution < -0.4 is 5.32 Å². The fourth-order valence-corrected chi connectivity index (χ4v) is 1.95. The summed E-state index contributed by atoms with van der Waals surface area (Å²) in [5.74, 6) is -0.383. The number of aromatic nitrogens is 1. The number of anilines is 1. The highest BCUT2D eigenvalue weighted by Gasteiger charge is 2.16. The highest BCUT2D eigenvalue weighted by molar-refractivity contribution is 5.90. The van der Waals surface area contributed by atoms with Crippen molar-refractivity contribution in [3.63, 3.8) is 0 Å². The van der Waals surface area contributed by atoms with E-state index in [1.807, 2.05) is 0 Å². The summed E-state index contributed by atoms with van der Waals surface area (Å²) in [4.78, 5) is 27.4. The molecule has 6 heteroatoms. The van der Waals surface area contributed by atoms with Crippen molar-refractivity contribution in [2.45, 2.75) is 26.4 Å². The van der Waals surface area contributed by atoms with Crippen LogP contribution in [0.15, 0.2) is 42.6 Å². The third-order valence-corrected chi connectivity index (χ3v) is 3.01. The van der Waals surface area contributed by atoms with Crippen molar-refractivity contribution in [2.75, 3.05) is 12.4 Å². The number of esters is 1. The van der Waals surface area contributed by atoms with Crippen LogP contribution in [0.25, 0.3) is 11.3 Å². The van der Waals surface area contributed by atoms with Gasteiger partial charge in [-0.15, -0.1) is 0 Å². The Bertz CT molecular complexity index is 716. The molecule has 1 heterocycles. The zero-order valence-electron chi connectivity index (χ0n) is 14.1. The lowest BCUT2D eigenvalue weighted by Gasteiger charge is -2.19. The van der Waals surface area contributed by atoms with Gasteiger partial charge in [0.1, 0.15) is 5.60 Å².